The number of pyridine rings is 1. The lowest BCUT2D eigenvalue weighted by atomic mass is 10.1. The van der Waals surface area contributed by atoms with E-state index in [-0.39, 0.29) is 0 Å². The van der Waals surface area contributed by atoms with E-state index in [0.29, 0.717) is 0 Å². The van der Waals surface area contributed by atoms with Gasteiger partial charge < -0.3 is 0 Å². The van der Waals surface area contributed by atoms with Gasteiger partial charge in [0, 0.05) is 32.9 Å². The zero-order chi connectivity index (χ0) is 13.2. The highest BCUT2D eigenvalue weighted by atomic mass is 79.9. The molecule has 1 aromatic carbocycles. The standard InChI is InChI=1S/C15H11BrN2S/c1-10-14(11-2-4-13(16)5-3-11)18-15(19-10)12-6-8-17-9-7-12/h2-9H,1H3. The average Bonchev–Trinajstić information content (AvgIpc) is 2.83. The van der Waals surface area contributed by atoms with Crippen molar-refractivity contribution in [1.82, 2.24) is 9.97 Å². The third-order valence-electron chi connectivity index (χ3n) is 2.84. The predicted molar refractivity (Wildman–Crippen MR) is 83.2 cm³/mol. The number of hydrogen-bond donors (Lipinski definition) is 0. The van der Waals surface area contributed by atoms with Gasteiger partial charge in [0.15, 0.2) is 0 Å². The first-order valence-electron chi connectivity index (χ1n) is 5.88. The highest BCUT2D eigenvalue weighted by Crippen LogP contribution is 2.33. The summed E-state index contributed by atoms with van der Waals surface area (Å²) in [7, 11) is 0. The van der Waals surface area contributed by atoms with Crippen molar-refractivity contribution < 1.29 is 0 Å². The van der Waals surface area contributed by atoms with E-state index in [0.717, 1.165) is 26.3 Å². The minimum atomic E-state index is 1.04. The number of aromatic nitrogens is 2. The normalized spacial score (nSPS) is 10.6. The molecule has 0 aliphatic rings. The number of hydrogen-bond acceptors (Lipinski definition) is 3. The summed E-state index contributed by atoms with van der Waals surface area (Å²) >= 11 is 5.17. The van der Waals surface area contributed by atoms with Crippen molar-refractivity contribution in [1.29, 1.82) is 0 Å². The average molecular weight is 331 g/mol. The SMILES string of the molecule is Cc1sc(-c2ccncc2)nc1-c1ccc(Br)cc1. The molecule has 3 aromatic rings. The molecular weight excluding hydrogens is 320 g/mol. The second-order valence-electron chi connectivity index (χ2n) is 4.17. The Morgan fingerprint density at radius 2 is 1.63 bits per heavy atom. The fourth-order valence-electron chi connectivity index (χ4n) is 1.89. The first-order valence-corrected chi connectivity index (χ1v) is 7.49. The van der Waals surface area contributed by atoms with E-state index >= 15 is 0 Å². The molecule has 0 radical (unpaired) electrons. The lowest BCUT2D eigenvalue weighted by Gasteiger charge is -1.98. The maximum Gasteiger partial charge on any atom is 0.124 e. The molecule has 2 aromatic heterocycles. The van der Waals surface area contributed by atoms with Crippen molar-refractivity contribution in [3.8, 4) is 21.8 Å². The second kappa shape index (κ2) is 5.23. The van der Waals surface area contributed by atoms with Crippen LogP contribution in [0.4, 0.5) is 0 Å². The number of thiazole rings is 1. The van der Waals surface area contributed by atoms with Gasteiger partial charge in [-0.05, 0) is 31.2 Å². The van der Waals surface area contributed by atoms with Crippen LogP contribution in [0.25, 0.3) is 21.8 Å². The van der Waals surface area contributed by atoms with Crippen LogP contribution in [0, 0.1) is 6.92 Å². The second-order valence-corrected chi connectivity index (χ2v) is 6.29. The third-order valence-corrected chi connectivity index (χ3v) is 4.39. The molecular formula is C15H11BrN2S. The minimum absolute atomic E-state index is 1.04. The molecule has 0 spiro atoms. The van der Waals surface area contributed by atoms with Gasteiger partial charge in [0.05, 0.1) is 5.69 Å². The first kappa shape index (κ1) is 12.5. The zero-order valence-electron chi connectivity index (χ0n) is 10.3. The van der Waals surface area contributed by atoms with E-state index in [4.69, 9.17) is 4.98 Å². The van der Waals surface area contributed by atoms with Gasteiger partial charge in [-0.25, -0.2) is 4.98 Å². The van der Waals surface area contributed by atoms with Gasteiger partial charge in [0.1, 0.15) is 5.01 Å². The molecule has 0 unspecified atom stereocenters. The van der Waals surface area contributed by atoms with Crippen molar-refractivity contribution in [2.75, 3.05) is 0 Å². The zero-order valence-corrected chi connectivity index (χ0v) is 12.7. The molecule has 19 heavy (non-hydrogen) atoms. The van der Waals surface area contributed by atoms with Crippen LogP contribution in [0.3, 0.4) is 0 Å². The summed E-state index contributed by atoms with van der Waals surface area (Å²) in [5.41, 5.74) is 3.33. The van der Waals surface area contributed by atoms with Crippen LogP contribution in [0.1, 0.15) is 4.88 Å². The van der Waals surface area contributed by atoms with Crippen molar-refractivity contribution >= 4 is 27.3 Å². The summed E-state index contributed by atoms with van der Waals surface area (Å²) < 4.78 is 1.08. The van der Waals surface area contributed by atoms with Crippen molar-refractivity contribution in [3.63, 3.8) is 0 Å². The quantitative estimate of drug-likeness (QED) is 0.664. The smallest absolute Gasteiger partial charge is 0.124 e. The Morgan fingerprint density at radius 1 is 0.947 bits per heavy atom. The predicted octanol–water partition coefficient (Wildman–Crippen LogP) is 4.94. The minimum Gasteiger partial charge on any atom is -0.265 e. The summed E-state index contributed by atoms with van der Waals surface area (Å²) in [6.45, 7) is 2.11. The lowest BCUT2D eigenvalue weighted by molar-refractivity contribution is 1.31. The molecule has 0 saturated heterocycles. The molecule has 2 heterocycles. The number of nitrogens with zero attached hydrogens (tertiary/aromatic N) is 2. The molecule has 0 N–H and O–H groups in total. The maximum atomic E-state index is 4.76. The maximum absolute atomic E-state index is 4.76. The largest absolute Gasteiger partial charge is 0.265 e. The molecule has 0 bridgehead atoms. The summed E-state index contributed by atoms with van der Waals surface area (Å²) in [4.78, 5) is 10.0. The van der Waals surface area contributed by atoms with Crippen LogP contribution in [0.2, 0.25) is 0 Å². The van der Waals surface area contributed by atoms with Gasteiger partial charge >= 0.3 is 0 Å². The molecule has 0 aliphatic carbocycles. The molecule has 0 saturated carbocycles. The number of benzene rings is 1. The van der Waals surface area contributed by atoms with Crippen LogP contribution in [-0.4, -0.2) is 9.97 Å². The number of rotatable bonds is 2. The topological polar surface area (TPSA) is 25.8 Å². The van der Waals surface area contributed by atoms with Gasteiger partial charge in [-0.1, -0.05) is 28.1 Å². The van der Waals surface area contributed by atoms with E-state index in [1.165, 1.54) is 4.88 Å². The van der Waals surface area contributed by atoms with Crippen LogP contribution in [0.15, 0.2) is 53.3 Å². The van der Waals surface area contributed by atoms with E-state index < -0.39 is 0 Å². The van der Waals surface area contributed by atoms with E-state index in [1.807, 2.05) is 24.3 Å². The molecule has 3 rings (SSSR count). The summed E-state index contributed by atoms with van der Waals surface area (Å²) in [6.07, 6.45) is 3.59. The van der Waals surface area contributed by atoms with E-state index in [9.17, 15) is 0 Å². The molecule has 2 nitrogen and oxygen atoms in total. The summed E-state index contributed by atoms with van der Waals surface area (Å²) in [5.74, 6) is 0. The van der Waals surface area contributed by atoms with Crippen molar-refractivity contribution in [3.05, 3.63) is 58.1 Å². The monoisotopic (exact) mass is 330 g/mol. The Balaban J connectivity index is 2.05. The van der Waals surface area contributed by atoms with Crippen LogP contribution in [-0.2, 0) is 0 Å². The molecule has 0 aliphatic heterocycles. The number of halogens is 1. The lowest BCUT2D eigenvalue weighted by Crippen LogP contribution is -1.81. The van der Waals surface area contributed by atoms with Gasteiger partial charge in [-0.3, -0.25) is 4.98 Å². The first-order chi connectivity index (χ1) is 9.24. The van der Waals surface area contributed by atoms with Gasteiger partial charge in [-0.15, -0.1) is 11.3 Å². The van der Waals surface area contributed by atoms with Gasteiger partial charge in [-0.2, -0.15) is 0 Å². The highest BCUT2D eigenvalue weighted by molar-refractivity contribution is 9.10. The molecule has 4 heteroatoms. The molecule has 94 valence electrons. The molecule has 0 fully saturated rings. The third kappa shape index (κ3) is 2.60. The van der Waals surface area contributed by atoms with Crippen LogP contribution < -0.4 is 0 Å². The Bertz CT molecular complexity index is 690. The fourth-order valence-corrected chi connectivity index (χ4v) is 3.10. The summed E-state index contributed by atoms with van der Waals surface area (Å²) in [6, 6.07) is 12.2. The van der Waals surface area contributed by atoms with Crippen LogP contribution >= 0.6 is 27.3 Å². The summed E-state index contributed by atoms with van der Waals surface area (Å²) in [5, 5.41) is 1.04. The van der Waals surface area contributed by atoms with E-state index in [1.54, 1.807) is 23.7 Å². The Hall–Kier alpha value is -1.52. The fraction of sp³-hybridized carbons (Fsp3) is 0.0667. The highest BCUT2D eigenvalue weighted by Gasteiger charge is 2.10. The molecule has 0 atom stereocenters. The Morgan fingerprint density at radius 3 is 2.32 bits per heavy atom. The van der Waals surface area contributed by atoms with Crippen molar-refractivity contribution in [2.45, 2.75) is 6.92 Å². The van der Waals surface area contributed by atoms with Crippen LogP contribution in [0.5, 0.6) is 0 Å². The van der Waals surface area contributed by atoms with Crippen molar-refractivity contribution in [2.24, 2.45) is 0 Å². The van der Waals surface area contributed by atoms with E-state index in [2.05, 4.69) is 40.0 Å². The Labute approximate surface area is 124 Å². The van der Waals surface area contributed by atoms with Gasteiger partial charge in [0.25, 0.3) is 0 Å². The molecule has 0 amide bonds. The Kier molecular flexibility index (Phi) is 3.44. The van der Waals surface area contributed by atoms with Gasteiger partial charge in [0.2, 0.25) is 0 Å². The number of aryl methyl sites for hydroxylation is 1.